The van der Waals surface area contributed by atoms with Crippen molar-refractivity contribution in [3.05, 3.63) is 48.0 Å². The third-order valence-electron chi connectivity index (χ3n) is 4.74. The van der Waals surface area contributed by atoms with Crippen LogP contribution in [0.1, 0.15) is 55.7 Å². The second-order valence-corrected chi connectivity index (χ2v) is 6.63. The Kier molecular flexibility index (Phi) is 5.62. The van der Waals surface area contributed by atoms with Crippen LogP contribution < -0.4 is 0 Å². The summed E-state index contributed by atoms with van der Waals surface area (Å²) < 4.78 is 1.79. The molecule has 0 radical (unpaired) electrons. The minimum Gasteiger partial charge on any atom is -0.336 e. The molecule has 0 bridgehead atoms. The molecule has 0 unspecified atom stereocenters. The molecule has 128 valence electrons. The quantitative estimate of drug-likeness (QED) is 0.845. The lowest BCUT2D eigenvalue weighted by Crippen LogP contribution is -2.34. The van der Waals surface area contributed by atoms with Gasteiger partial charge in [-0.05, 0) is 31.7 Å². The van der Waals surface area contributed by atoms with E-state index in [4.69, 9.17) is 0 Å². The molecule has 24 heavy (non-hydrogen) atoms. The first-order valence-electron chi connectivity index (χ1n) is 8.92. The summed E-state index contributed by atoms with van der Waals surface area (Å²) in [6, 6.07) is 8.84. The van der Waals surface area contributed by atoms with Gasteiger partial charge in [-0.3, -0.25) is 9.48 Å². The van der Waals surface area contributed by atoms with Gasteiger partial charge < -0.3 is 4.90 Å². The smallest absolute Gasteiger partial charge is 0.223 e. The number of hydrogen-bond donors (Lipinski definition) is 0. The molecule has 1 amide bonds. The van der Waals surface area contributed by atoms with Gasteiger partial charge in [0.05, 0.1) is 6.04 Å². The van der Waals surface area contributed by atoms with Crippen LogP contribution in [0.3, 0.4) is 0 Å². The fraction of sp³-hybridized carbons (Fsp3) is 0.526. The van der Waals surface area contributed by atoms with Crippen molar-refractivity contribution in [1.82, 2.24) is 19.7 Å². The molecule has 0 saturated carbocycles. The summed E-state index contributed by atoms with van der Waals surface area (Å²) in [5, 5.41) is 4.09. The SMILES string of the molecule is Cc1cccc([C@@H]2CCCCCN2C(=O)CCCn2cncn2)c1. The summed E-state index contributed by atoms with van der Waals surface area (Å²) in [6.07, 6.45) is 9.19. The molecular weight excluding hydrogens is 300 g/mol. The van der Waals surface area contributed by atoms with Crippen LogP contribution in [0.4, 0.5) is 0 Å². The van der Waals surface area contributed by atoms with Crippen molar-refractivity contribution in [2.24, 2.45) is 0 Å². The number of rotatable bonds is 5. The molecule has 0 spiro atoms. The Balaban J connectivity index is 1.66. The largest absolute Gasteiger partial charge is 0.336 e. The van der Waals surface area contributed by atoms with Gasteiger partial charge in [-0.25, -0.2) is 4.98 Å². The first-order chi connectivity index (χ1) is 11.7. The standard InChI is InChI=1S/C19H26N4O/c1-16-7-5-8-17(13-16)18-9-3-2-4-12-23(18)19(24)10-6-11-22-15-20-14-21-22/h5,7-8,13-15,18H,2-4,6,9-12H2,1H3/t18-/m0/s1. The summed E-state index contributed by atoms with van der Waals surface area (Å²) in [4.78, 5) is 18.9. The van der Waals surface area contributed by atoms with Crippen molar-refractivity contribution in [2.75, 3.05) is 6.54 Å². The van der Waals surface area contributed by atoms with E-state index >= 15 is 0 Å². The van der Waals surface area contributed by atoms with Gasteiger partial charge in [0.2, 0.25) is 5.91 Å². The van der Waals surface area contributed by atoms with Crippen LogP contribution in [0.5, 0.6) is 0 Å². The van der Waals surface area contributed by atoms with E-state index in [0.717, 1.165) is 32.4 Å². The van der Waals surface area contributed by atoms with Gasteiger partial charge >= 0.3 is 0 Å². The van der Waals surface area contributed by atoms with Crippen LogP contribution in [0.2, 0.25) is 0 Å². The number of carbonyl (C=O) groups is 1. The van der Waals surface area contributed by atoms with Gasteiger partial charge in [-0.1, -0.05) is 42.7 Å². The summed E-state index contributed by atoms with van der Waals surface area (Å²) in [6.45, 7) is 3.74. The third-order valence-corrected chi connectivity index (χ3v) is 4.74. The van der Waals surface area contributed by atoms with Gasteiger partial charge in [-0.2, -0.15) is 5.10 Å². The monoisotopic (exact) mass is 326 g/mol. The zero-order chi connectivity index (χ0) is 16.8. The Hall–Kier alpha value is -2.17. The average molecular weight is 326 g/mol. The molecule has 1 atom stereocenters. The first kappa shape index (κ1) is 16.7. The number of carbonyl (C=O) groups excluding carboxylic acids is 1. The fourth-order valence-electron chi connectivity index (χ4n) is 3.51. The third kappa shape index (κ3) is 4.22. The molecule has 5 nitrogen and oxygen atoms in total. The highest BCUT2D eigenvalue weighted by Crippen LogP contribution is 2.31. The van der Waals surface area contributed by atoms with E-state index in [9.17, 15) is 4.79 Å². The van der Waals surface area contributed by atoms with E-state index in [2.05, 4.69) is 46.2 Å². The molecule has 2 aromatic rings. The number of likely N-dealkylation sites (tertiary alicyclic amines) is 1. The van der Waals surface area contributed by atoms with Gasteiger partial charge in [-0.15, -0.1) is 0 Å². The summed E-state index contributed by atoms with van der Waals surface area (Å²) >= 11 is 0. The number of nitrogens with zero attached hydrogens (tertiary/aromatic N) is 4. The van der Waals surface area contributed by atoms with Gasteiger partial charge in [0.25, 0.3) is 0 Å². The van der Waals surface area contributed by atoms with Crippen LogP contribution in [0, 0.1) is 6.92 Å². The van der Waals surface area contributed by atoms with Gasteiger partial charge in [0, 0.05) is 19.5 Å². The predicted octanol–water partition coefficient (Wildman–Crippen LogP) is 3.51. The number of benzene rings is 1. The Morgan fingerprint density at radius 2 is 2.21 bits per heavy atom. The molecule has 5 heteroatoms. The highest BCUT2D eigenvalue weighted by atomic mass is 16.2. The Labute approximate surface area is 143 Å². The summed E-state index contributed by atoms with van der Waals surface area (Å²) in [5.41, 5.74) is 2.54. The second kappa shape index (κ2) is 8.08. The van der Waals surface area contributed by atoms with Crippen molar-refractivity contribution in [2.45, 2.75) is 58.0 Å². The zero-order valence-electron chi connectivity index (χ0n) is 14.4. The van der Waals surface area contributed by atoms with Crippen molar-refractivity contribution in [3.8, 4) is 0 Å². The number of amides is 1. The molecule has 2 heterocycles. The predicted molar refractivity (Wildman–Crippen MR) is 93.4 cm³/mol. The number of hydrogen-bond acceptors (Lipinski definition) is 3. The molecule has 1 aromatic heterocycles. The van der Waals surface area contributed by atoms with Crippen LogP contribution in [-0.2, 0) is 11.3 Å². The van der Waals surface area contributed by atoms with E-state index in [1.54, 1.807) is 11.0 Å². The van der Waals surface area contributed by atoms with Crippen molar-refractivity contribution in [1.29, 1.82) is 0 Å². The number of aryl methyl sites for hydroxylation is 2. The van der Waals surface area contributed by atoms with Crippen molar-refractivity contribution < 1.29 is 4.79 Å². The Morgan fingerprint density at radius 1 is 1.29 bits per heavy atom. The molecule has 1 aliphatic rings. The Bertz CT molecular complexity index is 653. The minimum atomic E-state index is 0.228. The van der Waals surface area contributed by atoms with E-state index in [0.29, 0.717) is 6.42 Å². The van der Waals surface area contributed by atoms with Crippen LogP contribution in [-0.4, -0.2) is 32.1 Å². The number of aromatic nitrogens is 3. The second-order valence-electron chi connectivity index (χ2n) is 6.63. The normalized spacial score (nSPS) is 18.4. The topological polar surface area (TPSA) is 51.0 Å². The van der Waals surface area contributed by atoms with Gasteiger partial charge in [0.1, 0.15) is 12.7 Å². The first-order valence-corrected chi connectivity index (χ1v) is 8.92. The molecule has 0 N–H and O–H groups in total. The zero-order valence-corrected chi connectivity index (χ0v) is 14.4. The Morgan fingerprint density at radius 3 is 3.00 bits per heavy atom. The maximum Gasteiger partial charge on any atom is 0.223 e. The van der Waals surface area contributed by atoms with Crippen LogP contribution >= 0.6 is 0 Å². The van der Waals surface area contributed by atoms with E-state index in [1.807, 2.05) is 0 Å². The van der Waals surface area contributed by atoms with E-state index < -0.39 is 0 Å². The minimum absolute atomic E-state index is 0.228. The van der Waals surface area contributed by atoms with Crippen LogP contribution in [0.15, 0.2) is 36.9 Å². The van der Waals surface area contributed by atoms with Crippen LogP contribution in [0.25, 0.3) is 0 Å². The lowest BCUT2D eigenvalue weighted by atomic mass is 9.99. The summed E-state index contributed by atoms with van der Waals surface area (Å²) in [5.74, 6) is 0.267. The molecule has 0 aliphatic carbocycles. The highest BCUT2D eigenvalue weighted by molar-refractivity contribution is 5.76. The van der Waals surface area contributed by atoms with E-state index in [1.165, 1.54) is 30.3 Å². The van der Waals surface area contributed by atoms with Gasteiger partial charge in [0.15, 0.2) is 0 Å². The van der Waals surface area contributed by atoms with E-state index in [-0.39, 0.29) is 11.9 Å². The summed E-state index contributed by atoms with van der Waals surface area (Å²) in [7, 11) is 0. The molecule has 1 saturated heterocycles. The van der Waals surface area contributed by atoms with Crippen molar-refractivity contribution in [3.63, 3.8) is 0 Å². The maximum atomic E-state index is 12.8. The lowest BCUT2D eigenvalue weighted by Gasteiger charge is -2.31. The maximum absolute atomic E-state index is 12.8. The molecule has 3 rings (SSSR count). The molecule has 1 aliphatic heterocycles. The fourth-order valence-corrected chi connectivity index (χ4v) is 3.51. The average Bonchev–Trinajstić information content (AvgIpc) is 2.97. The van der Waals surface area contributed by atoms with Crippen molar-refractivity contribution >= 4 is 5.91 Å². The molecule has 1 aromatic carbocycles. The molecular formula is C19H26N4O. The highest BCUT2D eigenvalue weighted by Gasteiger charge is 2.26. The molecule has 1 fully saturated rings. The lowest BCUT2D eigenvalue weighted by molar-refractivity contribution is -0.133.